The molecule has 0 spiro atoms. The van der Waals surface area contributed by atoms with Gasteiger partial charge in [-0.25, -0.2) is 0 Å². The van der Waals surface area contributed by atoms with Crippen molar-refractivity contribution in [3.8, 4) is 5.69 Å². The molecule has 1 aromatic heterocycles. The Morgan fingerprint density at radius 2 is 1.76 bits per heavy atom. The van der Waals surface area contributed by atoms with Crippen molar-refractivity contribution in [2.75, 3.05) is 18.4 Å². The van der Waals surface area contributed by atoms with E-state index in [2.05, 4.69) is 34.6 Å². The Balaban J connectivity index is 1.32. The van der Waals surface area contributed by atoms with Crippen molar-refractivity contribution >= 4 is 28.2 Å². The number of likely N-dealkylation sites (tertiary alicyclic amines) is 1. The van der Waals surface area contributed by atoms with Gasteiger partial charge < -0.3 is 9.88 Å². The minimum absolute atomic E-state index is 0.0342. The molecule has 0 atom stereocenters. The third-order valence-corrected chi connectivity index (χ3v) is 7.26. The van der Waals surface area contributed by atoms with Crippen LogP contribution < -0.4 is 5.32 Å². The number of carbonyl (C=O) groups excluding carboxylic acids is 1. The first-order valence-corrected chi connectivity index (χ1v) is 12.9. The van der Waals surface area contributed by atoms with Crippen LogP contribution in [-0.2, 0) is 11.3 Å². The summed E-state index contributed by atoms with van der Waals surface area (Å²) in [6.07, 6.45) is 4.15. The van der Waals surface area contributed by atoms with Gasteiger partial charge in [-0.3, -0.25) is 19.8 Å². The number of anilines is 1. The summed E-state index contributed by atoms with van der Waals surface area (Å²) in [5, 5.41) is 15.8. The molecule has 2 heterocycles. The van der Waals surface area contributed by atoms with Crippen molar-refractivity contribution in [3.05, 3.63) is 100 Å². The average Bonchev–Trinajstić information content (AvgIpc) is 3.27. The van der Waals surface area contributed by atoms with E-state index >= 15 is 0 Å². The Labute approximate surface area is 216 Å². The maximum Gasteiger partial charge on any atom is 0.293 e. The summed E-state index contributed by atoms with van der Waals surface area (Å²) < 4.78 is 1.95. The van der Waals surface area contributed by atoms with Crippen molar-refractivity contribution < 1.29 is 9.72 Å². The largest absolute Gasteiger partial charge is 0.326 e. The van der Waals surface area contributed by atoms with Crippen molar-refractivity contribution in [1.82, 2.24) is 9.47 Å². The van der Waals surface area contributed by atoms with Crippen molar-refractivity contribution in [2.24, 2.45) is 5.92 Å². The van der Waals surface area contributed by atoms with Gasteiger partial charge in [0.15, 0.2) is 0 Å². The number of nitro groups is 1. The molecule has 5 rings (SSSR count). The van der Waals surface area contributed by atoms with Crippen LogP contribution in [0.25, 0.3) is 16.6 Å². The number of nitrogens with zero attached hydrogens (tertiary/aromatic N) is 3. The molecule has 1 saturated heterocycles. The van der Waals surface area contributed by atoms with Gasteiger partial charge in [-0.2, -0.15) is 0 Å². The number of fused-ring (bicyclic) bond motifs is 1. The zero-order chi connectivity index (χ0) is 25.9. The molecule has 0 saturated carbocycles. The smallest absolute Gasteiger partial charge is 0.293 e. The number of rotatable bonds is 7. The van der Waals surface area contributed by atoms with Crippen LogP contribution in [0.3, 0.4) is 0 Å². The number of carbonyl (C=O) groups is 1. The first kappa shape index (κ1) is 24.7. The summed E-state index contributed by atoms with van der Waals surface area (Å²) in [6, 6.07) is 23.3. The fraction of sp³-hybridized carbons (Fsp3) is 0.300. The topological polar surface area (TPSA) is 80.4 Å². The first-order chi connectivity index (χ1) is 17.9. The van der Waals surface area contributed by atoms with E-state index < -0.39 is 0 Å². The minimum atomic E-state index is -0.322. The van der Waals surface area contributed by atoms with Crippen molar-refractivity contribution in [2.45, 2.75) is 39.2 Å². The Kier molecular flexibility index (Phi) is 7.06. The van der Waals surface area contributed by atoms with Crippen LogP contribution in [0.1, 0.15) is 43.7 Å². The van der Waals surface area contributed by atoms with Gasteiger partial charge in [0.05, 0.1) is 10.4 Å². The summed E-state index contributed by atoms with van der Waals surface area (Å²) in [5.74, 6) is 0.443. The van der Waals surface area contributed by atoms with Gasteiger partial charge in [0.2, 0.25) is 5.91 Å². The highest BCUT2D eigenvalue weighted by Gasteiger charge is 2.23. The normalized spacial score (nSPS) is 14.8. The second-order valence-corrected chi connectivity index (χ2v) is 10.1. The van der Waals surface area contributed by atoms with E-state index in [-0.39, 0.29) is 22.4 Å². The monoisotopic (exact) mass is 496 g/mol. The second kappa shape index (κ2) is 10.6. The van der Waals surface area contributed by atoms with E-state index in [4.69, 9.17) is 0 Å². The van der Waals surface area contributed by atoms with Crippen molar-refractivity contribution in [3.63, 3.8) is 0 Å². The van der Waals surface area contributed by atoms with Crippen LogP contribution in [-0.4, -0.2) is 33.4 Å². The highest BCUT2D eigenvalue weighted by atomic mass is 16.6. The molecule has 190 valence electrons. The standard InChI is InChI=1S/C30H32N4O3/c1-21(2)30(35)31-25-9-7-8-23(18-25)22-14-16-32(17-15-22)19-24-20-33(27-11-4-3-10-26(24)27)28-12-5-6-13-29(28)34(36)37/h3-13,18,20-22H,14-17,19H2,1-2H3,(H,31,35). The molecule has 0 aliphatic carbocycles. The molecule has 3 aromatic carbocycles. The van der Waals surface area contributed by atoms with Crippen LogP contribution >= 0.6 is 0 Å². The molecule has 1 N–H and O–H groups in total. The lowest BCUT2D eigenvalue weighted by Gasteiger charge is -2.32. The van der Waals surface area contributed by atoms with Gasteiger partial charge in [-0.1, -0.05) is 56.3 Å². The third-order valence-electron chi connectivity index (χ3n) is 7.26. The van der Waals surface area contributed by atoms with E-state index in [0.717, 1.165) is 49.1 Å². The Bertz CT molecular complexity index is 1430. The van der Waals surface area contributed by atoms with E-state index in [1.54, 1.807) is 18.2 Å². The van der Waals surface area contributed by atoms with Crippen LogP contribution in [0.15, 0.2) is 79.0 Å². The average molecular weight is 497 g/mol. The summed E-state index contributed by atoms with van der Waals surface area (Å²) in [7, 11) is 0. The fourth-order valence-corrected chi connectivity index (χ4v) is 5.22. The number of benzene rings is 3. The van der Waals surface area contributed by atoms with Crippen LogP contribution in [0, 0.1) is 16.0 Å². The van der Waals surface area contributed by atoms with E-state index in [0.29, 0.717) is 11.6 Å². The molecular formula is C30H32N4O3. The van der Waals surface area contributed by atoms with Gasteiger partial charge >= 0.3 is 0 Å². The minimum Gasteiger partial charge on any atom is -0.326 e. The van der Waals surface area contributed by atoms with E-state index in [1.807, 2.05) is 54.8 Å². The Morgan fingerprint density at radius 1 is 1.03 bits per heavy atom. The maximum atomic E-state index is 12.1. The van der Waals surface area contributed by atoms with Gasteiger partial charge in [0.1, 0.15) is 5.69 Å². The lowest BCUT2D eigenvalue weighted by atomic mass is 9.89. The second-order valence-electron chi connectivity index (χ2n) is 10.1. The van der Waals surface area contributed by atoms with E-state index in [1.165, 1.54) is 11.1 Å². The molecule has 1 aliphatic rings. The predicted molar refractivity (Wildman–Crippen MR) is 147 cm³/mol. The first-order valence-electron chi connectivity index (χ1n) is 12.9. The maximum absolute atomic E-state index is 12.1. The van der Waals surface area contributed by atoms with Gasteiger partial charge in [-0.05, 0) is 67.2 Å². The molecule has 1 amide bonds. The lowest BCUT2D eigenvalue weighted by Crippen LogP contribution is -2.32. The molecule has 0 unspecified atom stereocenters. The Morgan fingerprint density at radius 3 is 2.51 bits per heavy atom. The predicted octanol–water partition coefficient (Wildman–Crippen LogP) is 6.51. The number of aromatic nitrogens is 1. The lowest BCUT2D eigenvalue weighted by molar-refractivity contribution is -0.384. The summed E-state index contributed by atoms with van der Waals surface area (Å²) in [5.41, 5.74) is 4.96. The molecule has 4 aromatic rings. The summed E-state index contributed by atoms with van der Waals surface area (Å²) in [6.45, 7) is 6.53. The van der Waals surface area contributed by atoms with Gasteiger partial charge in [-0.15, -0.1) is 0 Å². The van der Waals surface area contributed by atoms with Gasteiger partial charge in [0, 0.05) is 35.8 Å². The number of piperidine rings is 1. The third kappa shape index (κ3) is 5.27. The van der Waals surface area contributed by atoms with Crippen molar-refractivity contribution in [1.29, 1.82) is 0 Å². The molecule has 0 bridgehead atoms. The zero-order valence-electron chi connectivity index (χ0n) is 21.3. The molecule has 1 aliphatic heterocycles. The highest BCUT2D eigenvalue weighted by Crippen LogP contribution is 2.33. The SMILES string of the molecule is CC(C)C(=O)Nc1cccc(C2CCN(Cc3cn(-c4ccccc4[N+](=O)[O-])c4ccccc34)CC2)c1. The number of hydrogen-bond acceptors (Lipinski definition) is 4. The van der Waals surface area contributed by atoms with Crippen LogP contribution in [0.2, 0.25) is 0 Å². The highest BCUT2D eigenvalue weighted by molar-refractivity contribution is 5.92. The quantitative estimate of drug-likeness (QED) is 0.234. The number of amides is 1. The molecular weight excluding hydrogens is 464 g/mol. The Hall–Kier alpha value is -3.97. The number of para-hydroxylation sites is 3. The van der Waals surface area contributed by atoms with Crippen LogP contribution in [0.5, 0.6) is 0 Å². The number of nitrogens with one attached hydrogen (secondary N) is 1. The van der Waals surface area contributed by atoms with Gasteiger partial charge in [0.25, 0.3) is 5.69 Å². The fourth-order valence-electron chi connectivity index (χ4n) is 5.22. The summed E-state index contributed by atoms with van der Waals surface area (Å²) in [4.78, 5) is 25.9. The molecule has 37 heavy (non-hydrogen) atoms. The molecule has 7 heteroatoms. The summed E-state index contributed by atoms with van der Waals surface area (Å²) >= 11 is 0. The number of hydrogen-bond donors (Lipinski definition) is 1. The number of nitro benzene ring substituents is 1. The van der Waals surface area contributed by atoms with Crippen LogP contribution in [0.4, 0.5) is 11.4 Å². The molecule has 1 fully saturated rings. The molecule has 0 radical (unpaired) electrons. The molecule has 7 nitrogen and oxygen atoms in total. The van der Waals surface area contributed by atoms with E-state index in [9.17, 15) is 14.9 Å². The zero-order valence-corrected chi connectivity index (χ0v) is 21.3.